The predicted molar refractivity (Wildman–Crippen MR) is 71.5 cm³/mol. The number of hydrogen-bond donors (Lipinski definition) is 1. The van der Waals surface area contributed by atoms with Crippen molar-refractivity contribution in [1.82, 2.24) is 15.0 Å². The van der Waals surface area contributed by atoms with Crippen LogP contribution in [0.5, 0.6) is 0 Å². The van der Waals surface area contributed by atoms with Gasteiger partial charge in [-0.2, -0.15) is 0 Å². The molecule has 0 saturated heterocycles. The maximum absolute atomic E-state index is 5.77. The third-order valence-corrected chi connectivity index (χ3v) is 3.10. The molecule has 1 aromatic heterocycles. The van der Waals surface area contributed by atoms with Crippen molar-refractivity contribution in [2.24, 2.45) is 12.8 Å². The van der Waals surface area contributed by atoms with Gasteiger partial charge in [0.15, 0.2) is 4.60 Å². The van der Waals surface area contributed by atoms with Gasteiger partial charge in [0.05, 0.1) is 0 Å². The number of nitrogens with zero attached hydrogens (tertiary/aromatic N) is 3. The Kier molecular flexibility index (Phi) is 3.59. The molecule has 0 aliphatic carbocycles. The lowest BCUT2D eigenvalue weighted by Crippen LogP contribution is -2.17. The van der Waals surface area contributed by atoms with Gasteiger partial charge in [0.2, 0.25) is 0 Å². The maximum Gasteiger partial charge on any atom is 0.156 e. The third kappa shape index (κ3) is 2.73. The van der Waals surface area contributed by atoms with Crippen molar-refractivity contribution in [3.8, 4) is 11.3 Å². The van der Waals surface area contributed by atoms with E-state index in [1.165, 1.54) is 5.56 Å². The number of halogens is 1. The molecule has 2 N–H and O–H groups in total. The molecular weight excluding hydrogens is 280 g/mol. The van der Waals surface area contributed by atoms with E-state index in [1.54, 1.807) is 4.68 Å². The minimum Gasteiger partial charge on any atom is -0.328 e. The Morgan fingerprint density at radius 1 is 1.35 bits per heavy atom. The summed E-state index contributed by atoms with van der Waals surface area (Å²) in [4.78, 5) is 0. The first-order valence-corrected chi connectivity index (χ1v) is 6.27. The summed E-state index contributed by atoms with van der Waals surface area (Å²) in [5.74, 6) is 0. The molecule has 17 heavy (non-hydrogen) atoms. The van der Waals surface area contributed by atoms with E-state index in [0.717, 1.165) is 22.3 Å². The summed E-state index contributed by atoms with van der Waals surface area (Å²) in [5.41, 5.74) is 9.10. The van der Waals surface area contributed by atoms with Crippen LogP contribution in [0.15, 0.2) is 28.9 Å². The Balaban J connectivity index is 2.30. The van der Waals surface area contributed by atoms with Gasteiger partial charge in [0.1, 0.15) is 5.69 Å². The van der Waals surface area contributed by atoms with Crippen molar-refractivity contribution in [2.75, 3.05) is 0 Å². The van der Waals surface area contributed by atoms with E-state index >= 15 is 0 Å². The van der Waals surface area contributed by atoms with E-state index in [1.807, 2.05) is 14.0 Å². The molecule has 0 saturated carbocycles. The quantitative estimate of drug-likeness (QED) is 0.943. The molecule has 0 amide bonds. The topological polar surface area (TPSA) is 56.7 Å². The predicted octanol–water partition coefficient (Wildman–Crippen LogP) is 2.13. The first kappa shape index (κ1) is 12.3. The van der Waals surface area contributed by atoms with Gasteiger partial charge in [0, 0.05) is 18.7 Å². The van der Waals surface area contributed by atoms with Crippen molar-refractivity contribution < 1.29 is 0 Å². The van der Waals surface area contributed by atoms with Crippen LogP contribution in [0.25, 0.3) is 11.3 Å². The van der Waals surface area contributed by atoms with Gasteiger partial charge in [-0.15, -0.1) is 5.10 Å². The molecule has 0 aliphatic heterocycles. The zero-order valence-corrected chi connectivity index (χ0v) is 11.5. The van der Waals surface area contributed by atoms with Gasteiger partial charge in [-0.05, 0) is 34.8 Å². The number of hydrogen-bond acceptors (Lipinski definition) is 3. The van der Waals surface area contributed by atoms with Gasteiger partial charge in [-0.3, -0.25) is 0 Å². The molecule has 2 aromatic rings. The Labute approximate surface area is 109 Å². The SMILES string of the molecule is CC(N)Cc1ccc(-c2c(Br)nnn2C)cc1. The third-order valence-electron chi connectivity index (χ3n) is 2.57. The van der Waals surface area contributed by atoms with Crippen LogP contribution in [0.2, 0.25) is 0 Å². The molecule has 1 heterocycles. The van der Waals surface area contributed by atoms with Crippen LogP contribution < -0.4 is 5.73 Å². The molecule has 0 aliphatic rings. The van der Waals surface area contributed by atoms with Gasteiger partial charge in [0.25, 0.3) is 0 Å². The largest absolute Gasteiger partial charge is 0.328 e. The number of benzene rings is 1. The molecule has 5 heteroatoms. The lowest BCUT2D eigenvalue weighted by molar-refractivity contribution is 0.719. The molecule has 0 spiro atoms. The first-order valence-electron chi connectivity index (χ1n) is 5.48. The first-order chi connectivity index (χ1) is 8.08. The minimum atomic E-state index is 0.186. The van der Waals surface area contributed by atoms with Crippen LogP contribution in [-0.2, 0) is 13.5 Å². The second kappa shape index (κ2) is 4.98. The molecule has 4 nitrogen and oxygen atoms in total. The number of nitrogens with two attached hydrogens (primary N) is 1. The minimum absolute atomic E-state index is 0.186. The van der Waals surface area contributed by atoms with E-state index in [9.17, 15) is 0 Å². The number of aryl methyl sites for hydroxylation is 1. The van der Waals surface area contributed by atoms with Gasteiger partial charge in [-0.25, -0.2) is 4.68 Å². The monoisotopic (exact) mass is 294 g/mol. The summed E-state index contributed by atoms with van der Waals surface area (Å²) in [6, 6.07) is 8.52. The van der Waals surface area contributed by atoms with E-state index in [4.69, 9.17) is 5.73 Å². The lowest BCUT2D eigenvalue weighted by atomic mass is 10.0. The van der Waals surface area contributed by atoms with Gasteiger partial charge < -0.3 is 5.73 Å². The Bertz CT molecular complexity index is 482. The molecule has 0 radical (unpaired) electrons. The fourth-order valence-corrected chi connectivity index (χ4v) is 2.36. The summed E-state index contributed by atoms with van der Waals surface area (Å²) in [6.07, 6.45) is 0.894. The van der Waals surface area contributed by atoms with Crippen LogP contribution >= 0.6 is 15.9 Å². The van der Waals surface area contributed by atoms with Crippen molar-refractivity contribution >= 4 is 15.9 Å². The van der Waals surface area contributed by atoms with Crippen molar-refractivity contribution in [1.29, 1.82) is 0 Å². The summed E-state index contributed by atoms with van der Waals surface area (Å²) in [7, 11) is 1.88. The second-order valence-electron chi connectivity index (χ2n) is 4.23. The van der Waals surface area contributed by atoms with Gasteiger partial charge in [-0.1, -0.05) is 29.5 Å². The summed E-state index contributed by atoms with van der Waals surface area (Å²) in [6.45, 7) is 2.01. The molecule has 0 bridgehead atoms. The highest BCUT2D eigenvalue weighted by Gasteiger charge is 2.10. The molecule has 0 fully saturated rings. The van der Waals surface area contributed by atoms with Crippen molar-refractivity contribution in [3.05, 3.63) is 34.4 Å². The molecule has 1 atom stereocenters. The molecule has 90 valence electrons. The lowest BCUT2D eigenvalue weighted by Gasteiger charge is -2.07. The number of aromatic nitrogens is 3. The van der Waals surface area contributed by atoms with Crippen LogP contribution in [0.3, 0.4) is 0 Å². The molecule has 1 aromatic carbocycles. The molecule has 2 rings (SSSR count). The second-order valence-corrected chi connectivity index (χ2v) is 4.98. The molecular formula is C12H15BrN4. The zero-order valence-electron chi connectivity index (χ0n) is 9.89. The van der Waals surface area contributed by atoms with Crippen LogP contribution in [0.4, 0.5) is 0 Å². The number of rotatable bonds is 3. The maximum atomic E-state index is 5.77. The fraction of sp³-hybridized carbons (Fsp3) is 0.333. The van der Waals surface area contributed by atoms with E-state index in [0.29, 0.717) is 0 Å². The van der Waals surface area contributed by atoms with E-state index < -0.39 is 0 Å². The van der Waals surface area contributed by atoms with E-state index in [2.05, 4.69) is 50.5 Å². The van der Waals surface area contributed by atoms with Crippen LogP contribution in [0, 0.1) is 0 Å². The Morgan fingerprint density at radius 3 is 2.47 bits per heavy atom. The summed E-state index contributed by atoms with van der Waals surface area (Å²) in [5, 5.41) is 7.94. The zero-order chi connectivity index (χ0) is 12.4. The smallest absolute Gasteiger partial charge is 0.156 e. The average Bonchev–Trinajstić information content (AvgIpc) is 2.59. The van der Waals surface area contributed by atoms with Gasteiger partial charge >= 0.3 is 0 Å². The van der Waals surface area contributed by atoms with Crippen LogP contribution in [0.1, 0.15) is 12.5 Å². The highest BCUT2D eigenvalue weighted by atomic mass is 79.9. The highest BCUT2D eigenvalue weighted by molar-refractivity contribution is 9.10. The fourth-order valence-electron chi connectivity index (χ4n) is 1.81. The van der Waals surface area contributed by atoms with Crippen molar-refractivity contribution in [2.45, 2.75) is 19.4 Å². The summed E-state index contributed by atoms with van der Waals surface area (Å²) < 4.78 is 2.52. The Hall–Kier alpha value is -1.20. The van der Waals surface area contributed by atoms with Crippen molar-refractivity contribution in [3.63, 3.8) is 0 Å². The normalized spacial score (nSPS) is 12.7. The highest BCUT2D eigenvalue weighted by Crippen LogP contribution is 2.25. The Morgan fingerprint density at radius 2 is 2.00 bits per heavy atom. The summed E-state index contributed by atoms with van der Waals surface area (Å²) >= 11 is 3.40. The van der Waals surface area contributed by atoms with Crippen LogP contribution in [-0.4, -0.2) is 21.0 Å². The van der Waals surface area contributed by atoms with E-state index in [-0.39, 0.29) is 6.04 Å². The molecule has 1 unspecified atom stereocenters. The average molecular weight is 295 g/mol. The standard InChI is InChI=1S/C12H15BrN4/c1-8(14)7-9-3-5-10(6-4-9)11-12(13)15-16-17(11)2/h3-6,8H,7,14H2,1-2H3.